The minimum Gasteiger partial charge on any atom is -0.508 e. The van der Waals surface area contributed by atoms with Gasteiger partial charge in [0.05, 0.1) is 12.7 Å². The van der Waals surface area contributed by atoms with Crippen LogP contribution in [0.3, 0.4) is 0 Å². The molecule has 29 heavy (non-hydrogen) atoms. The fraction of sp³-hybridized carbons (Fsp3) is 0.304. The molecule has 0 aliphatic rings. The molecule has 2 aromatic carbocycles. The van der Waals surface area contributed by atoms with Gasteiger partial charge in [-0.3, -0.25) is 9.59 Å². The molecule has 0 fully saturated rings. The number of ether oxygens (including phenoxy) is 1. The van der Waals surface area contributed by atoms with Crippen molar-refractivity contribution >= 4 is 22.8 Å². The maximum absolute atomic E-state index is 12.3. The summed E-state index contributed by atoms with van der Waals surface area (Å²) in [6, 6.07) is 14.7. The lowest BCUT2D eigenvalue weighted by atomic mass is 9.96. The van der Waals surface area contributed by atoms with E-state index in [2.05, 4.69) is 12.2 Å². The van der Waals surface area contributed by atoms with Gasteiger partial charge in [-0.1, -0.05) is 37.3 Å². The van der Waals surface area contributed by atoms with Crippen LogP contribution in [-0.2, 0) is 20.7 Å². The molecule has 2 N–H and O–H groups in total. The van der Waals surface area contributed by atoms with Crippen molar-refractivity contribution in [3.8, 4) is 5.75 Å². The predicted octanol–water partition coefficient (Wildman–Crippen LogP) is 3.92. The van der Waals surface area contributed by atoms with E-state index in [-0.39, 0.29) is 24.0 Å². The lowest BCUT2D eigenvalue weighted by molar-refractivity contribution is -0.154. The zero-order chi connectivity index (χ0) is 20.8. The summed E-state index contributed by atoms with van der Waals surface area (Å²) in [5.74, 6) is -0.544. The van der Waals surface area contributed by atoms with Crippen molar-refractivity contribution in [2.24, 2.45) is 0 Å². The summed E-state index contributed by atoms with van der Waals surface area (Å²) < 4.78 is 10.6. The van der Waals surface area contributed by atoms with E-state index in [1.54, 1.807) is 13.0 Å². The predicted molar refractivity (Wildman–Crippen MR) is 110 cm³/mol. The van der Waals surface area contributed by atoms with Crippen molar-refractivity contribution in [3.63, 3.8) is 0 Å². The molecule has 0 radical (unpaired) electrons. The zero-order valence-corrected chi connectivity index (χ0v) is 16.6. The summed E-state index contributed by atoms with van der Waals surface area (Å²) in [5, 5.41) is 13.1. The molecular weight excluding hydrogens is 370 g/mol. The van der Waals surface area contributed by atoms with Gasteiger partial charge < -0.3 is 19.6 Å². The van der Waals surface area contributed by atoms with Crippen LogP contribution in [0.1, 0.15) is 37.3 Å². The Balaban J connectivity index is 1.52. The molecule has 1 heterocycles. The summed E-state index contributed by atoms with van der Waals surface area (Å²) in [7, 11) is 0. The highest BCUT2D eigenvalue weighted by atomic mass is 16.5. The highest BCUT2D eigenvalue weighted by Gasteiger charge is 2.20. The number of furan rings is 1. The Morgan fingerprint density at radius 2 is 1.93 bits per heavy atom. The fourth-order valence-electron chi connectivity index (χ4n) is 3.25. The molecule has 3 rings (SSSR count). The SMILES string of the molecule is CC[C@H](CNC(=O)[C@H](C)OC(=O)Cc1coc2cc(O)ccc12)c1ccccc1. The van der Waals surface area contributed by atoms with Gasteiger partial charge in [0.15, 0.2) is 6.10 Å². The number of aromatic hydroxyl groups is 1. The third kappa shape index (κ3) is 5.16. The van der Waals surface area contributed by atoms with Crippen molar-refractivity contribution in [3.05, 3.63) is 65.9 Å². The second kappa shape index (κ2) is 9.28. The van der Waals surface area contributed by atoms with E-state index in [4.69, 9.17) is 9.15 Å². The molecule has 6 heteroatoms. The number of carbonyl (C=O) groups is 2. The first-order chi connectivity index (χ1) is 14.0. The van der Waals surface area contributed by atoms with Crippen LogP contribution in [-0.4, -0.2) is 29.6 Å². The lowest BCUT2D eigenvalue weighted by Gasteiger charge is -2.18. The third-order valence-corrected chi connectivity index (χ3v) is 4.94. The highest BCUT2D eigenvalue weighted by molar-refractivity contribution is 5.88. The number of hydrogen-bond acceptors (Lipinski definition) is 5. The average molecular weight is 395 g/mol. The maximum atomic E-state index is 12.3. The van der Waals surface area contributed by atoms with E-state index in [1.807, 2.05) is 30.3 Å². The van der Waals surface area contributed by atoms with Gasteiger partial charge in [-0.15, -0.1) is 0 Å². The van der Waals surface area contributed by atoms with Gasteiger partial charge in [-0.05, 0) is 31.0 Å². The summed E-state index contributed by atoms with van der Waals surface area (Å²) in [4.78, 5) is 24.6. The van der Waals surface area contributed by atoms with Gasteiger partial charge in [-0.2, -0.15) is 0 Å². The van der Waals surface area contributed by atoms with E-state index in [0.29, 0.717) is 17.7 Å². The van der Waals surface area contributed by atoms with Gasteiger partial charge in [0, 0.05) is 29.5 Å². The number of phenols is 1. The van der Waals surface area contributed by atoms with Gasteiger partial charge in [0.2, 0.25) is 0 Å². The molecule has 0 aliphatic carbocycles. The van der Waals surface area contributed by atoms with Crippen LogP contribution in [0.4, 0.5) is 0 Å². The highest BCUT2D eigenvalue weighted by Crippen LogP contribution is 2.25. The normalized spacial score (nSPS) is 13.0. The number of carbonyl (C=O) groups excluding carboxylic acids is 2. The Hall–Kier alpha value is -3.28. The minimum atomic E-state index is -0.891. The number of phenolic OH excluding ortho intramolecular Hbond substituents is 1. The maximum Gasteiger partial charge on any atom is 0.311 e. The van der Waals surface area contributed by atoms with E-state index in [0.717, 1.165) is 17.4 Å². The van der Waals surface area contributed by atoms with Gasteiger partial charge in [-0.25, -0.2) is 0 Å². The van der Waals surface area contributed by atoms with E-state index >= 15 is 0 Å². The molecule has 0 aliphatic heterocycles. The fourth-order valence-corrected chi connectivity index (χ4v) is 3.25. The summed E-state index contributed by atoms with van der Waals surface area (Å²) in [6.45, 7) is 4.11. The molecule has 0 unspecified atom stereocenters. The molecule has 6 nitrogen and oxygen atoms in total. The van der Waals surface area contributed by atoms with Crippen LogP contribution >= 0.6 is 0 Å². The summed E-state index contributed by atoms with van der Waals surface area (Å²) >= 11 is 0. The standard InChI is InChI=1S/C23H25NO5/c1-3-16(17-7-5-4-6-8-17)13-24-23(27)15(2)29-22(26)11-18-14-28-21-12-19(25)9-10-20(18)21/h4-10,12,14-16,25H,3,11,13H2,1-2H3,(H,24,27)/t15-,16+/m0/s1. The lowest BCUT2D eigenvalue weighted by Crippen LogP contribution is -2.38. The largest absolute Gasteiger partial charge is 0.508 e. The Kier molecular flexibility index (Phi) is 6.54. The molecule has 152 valence electrons. The smallest absolute Gasteiger partial charge is 0.311 e. The molecule has 1 amide bonds. The number of benzene rings is 2. The number of amides is 1. The summed E-state index contributed by atoms with van der Waals surface area (Å²) in [6.07, 6.45) is 1.44. The van der Waals surface area contributed by atoms with Crippen molar-refractivity contribution in [2.45, 2.75) is 38.7 Å². The van der Waals surface area contributed by atoms with Crippen LogP contribution in [0.5, 0.6) is 5.75 Å². The molecule has 0 spiro atoms. The summed E-state index contributed by atoms with van der Waals surface area (Å²) in [5.41, 5.74) is 2.30. The first-order valence-corrected chi connectivity index (χ1v) is 9.69. The van der Waals surface area contributed by atoms with E-state index < -0.39 is 12.1 Å². The van der Waals surface area contributed by atoms with Crippen molar-refractivity contribution < 1.29 is 23.8 Å². The minimum absolute atomic E-state index is 0.0169. The molecule has 2 atom stereocenters. The van der Waals surface area contributed by atoms with Crippen LogP contribution in [0.2, 0.25) is 0 Å². The first kappa shape index (κ1) is 20.5. The van der Waals surface area contributed by atoms with Gasteiger partial charge >= 0.3 is 5.97 Å². The number of rotatable bonds is 8. The Labute approximate surface area is 169 Å². The van der Waals surface area contributed by atoms with Gasteiger partial charge in [0.25, 0.3) is 5.91 Å². The van der Waals surface area contributed by atoms with Crippen molar-refractivity contribution in [1.82, 2.24) is 5.32 Å². The zero-order valence-electron chi connectivity index (χ0n) is 16.6. The number of esters is 1. The second-order valence-corrected chi connectivity index (χ2v) is 7.01. The molecule has 1 aromatic heterocycles. The Bertz CT molecular complexity index is 979. The van der Waals surface area contributed by atoms with Crippen LogP contribution in [0.15, 0.2) is 59.2 Å². The monoisotopic (exact) mass is 395 g/mol. The molecular formula is C23H25NO5. The van der Waals surface area contributed by atoms with Gasteiger partial charge in [0.1, 0.15) is 11.3 Å². The number of fused-ring (bicyclic) bond motifs is 1. The average Bonchev–Trinajstić information content (AvgIpc) is 3.10. The van der Waals surface area contributed by atoms with Crippen LogP contribution < -0.4 is 5.32 Å². The third-order valence-electron chi connectivity index (χ3n) is 4.94. The van der Waals surface area contributed by atoms with E-state index in [9.17, 15) is 14.7 Å². The number of nitrogens with one attached hydrogen (secondary N) is 1. The molecule has 0 bridgehead atoms. The van der Waals surface area contributed by atoms with Crippen LogP contribution in [0, 0.1) is 0 Å². The van der Waals surface area contributed by atoms with E-state index in [1.165, 1.54) is 18.4 Å². The molecule has 3 aromatic rings. The Morgan fingerprint density at radius 3 is 2.66 bits per heavy atom. The molecule has 0 saturated carbocycles. The number of hydrogen-bond donors (Lipinski definition) is 2. The topological polar surface area (TPSA) is 88.8 Å². The van der Waals surface area contributed by atoms with Crippen molar-refractivity contribution in [2.75, 3.05) is 6.54 Å². The quantitative estimate of drug-likeness (QED) is 0.564. The molecule has 0 saturated heterocycles. The van der Waals surface area contributed by atoms with Crippen LogP contribution in [0.25, 0.3) is 11.0 Å². The van der Waals surface area contributed by atoms with Crippen molar-refractivity contribution in [1.29, 1.82) is 0 Å². The Morgan fingerprint density at radius 1 is 1.17 bits per heavy atom. The second-order valence-electron chi connectivity index (χ2n) is 7.01. The first-order valence-electron chi connectivity index (χ1n) is 9.69.